The molecule has 1 atom stereocenters. The van der Waals surface area contributed by atoms with Crippen LogP contribution in [0.3, 0.4) is 0 Å². The van der Waals surface area contributed by atoms with Crippen LogP contribution in [0.25, 0.3) is 10.6 Å². The standard InChI is InChI=1S/C21H19FN2O2S2/c1-12-19(28-21(23-12)13-3-6-15(26-2)7-4-13)20(25)24-17-9-10-27-18-8-5-14(22)11-16(17)18/h3-8,11,17H,9-10H2,1-2H3,(H,24,25). The molecule has 0 spiro atoms. The number of carbonyl (C=O) groups excluding carboxylic acids is 1. The Hall–Kier alpha value is -2.38. The second-order valence-electron chi connectivity index (χ2n) is 6.51. The van der Waals surface area contributed by atoms with E-state index in [2.05, 4.69) is 10.3 Å². The number of aryl methyl sites for hydroxylation is 1. The molecule has 0 fully saturated rings. The Labute approximate surface area is 171 Å². The number of halogens is 1. The Kier molecular flexibility index (Phi) is 5.37. The van der Waals surface area contributed by atoms with Gasteiger partial charge in [-0.2, -0.15) is 0 Å². The van der Waals surface area contributed by atoms with Gasteiger partial charge in [-0.25, -0.2) is 9.37 Å². The van der Waals surface area contributed by atoms with Gasteiger partial charge in [-0.15, -0.1) is 23.1 Å². The minimum atomic E-state index is -0.281. The lowest BCUT2D eigenvalue weighted by Crippen LogP contribution is -2.30. The molecule has 7 heteroatoms. The van der Waals surface area contributed by atoms with E-state index in [4.69, 9.17) is 4.74 Å². The maximum atomic E-state index is 13.7. The zero-order chi connectivity index (χ0) is 19.7. The van der Waals surface area contributed by atoms with Crippen LogP contribution in [0, 0.1) is 12.7 Å². The van der Waals surface area contributed by atoms with Crippen molar-refractivity contribution < 1.29 is 13.9 Å². The number of benzene rings is 2. The van der Waals surface area contributed by atoms with Crippen molar-refractivity contribution in [3.8, 4) is 16.3 Å². The van der Waals surface area contributed by atoms with Crippen molar-refractivity contribution in [2.45, 2.75) is 24.3 Å². The fourth-order valence-corrected chi connectivity index (χ4v) is 5.28. The second-order valence-corrected chi connectivity index (χ2v) is 8.64. The summed E-state index contributed by atoms with van der Waals surface area (Å²) in [5, 5.41) is 3.86. The average Bonchev–Trinajstić information content (AvgIpc) is 3.10. The van der Waals surface area contributed by atoms with Crippen LogP contribution in [0.2, 0.25) is 0 Å². The highest BCUT2D eigenvalue weighted by Crippen LogP contribution is 2.37. The molecule has 2 heterocycles. The molecule has 0 saturated carbocycles. The fraction of sp³-hybridized carbons (Fsp3) is 0.238. The van der Waals surface area contributed by atoms with Crippen LogP contribution in [0.5, 0.6) is 5.75 Å². The third-order valence-corrected chi connectivity index (χ3v) is 6.98. The minimum absolute atomic E-state index is 0.165. The third kappa shape index (κ3) is 3.77. The molecule has 144 valence electrons. The Morgan fingerprint density at radius 3 is 2.79 bits per heavy atom. The molecule has 1 aromatic heterocycles. The summed E-state index contributed by atoms with van der Waals surface area (Å²) in [5.41, 5.74) is 2.48. The van der Waals surface area contributed by atoms with Gasteiger partial charge in [0.15, 0.2) is 0 Å². The number of thiazole rings is 1. The van der Waals surface area contributed by atoms with Gasteiger partial charge in [-0.05, 0) is 61.4 Å². The molecule has 0 saturated heterocycles. The zero-order valence-electron chi connectivity index (χ0n) is 15.5. The Bertz CT molecular complexity index is 1020. The maximum Gasteiger partial charge on any atom is 0.263 e. The van der Waals surface area contributed by atoms with Gasteiger partial charge in [-0.3, -0.25) is 4.79 Å². The number of aromatic nitrogens is 1. The number of ether oxygens (including phenoxy) is 1. The topological polar surface area (TPSA) is 51.2 Å². The minimum Gasteiger partial charge on any atom is -0.497 e. The smallest absolute Gasteiger partial charge is 0.263 e. The van der Waals surface area contributed by atoms with Gasteiger partial charge < -0.3 is 10.1 Å². The first-order valence-corrected chi connectivity index (χ1v) is 10.7. The molecular formula is C21H19FN2O2S2. The predicted molar refractivity (Wildman–Crippen MR) is 111 cm³/mol. The van der Waals surface area contributed by atoms with Crippen molar-refractivity contribution >= 4 is 29.0 Å². The zero-order valence-corrected chi connectivity index (χ0v) is 17.1. The van der Waals surface area contributed by atoms with E-state index in [9.17, 15) is 9.18 Å². The van der Waals surface area contributed by atoms with Crippen LogP contribution >= 0.6 is 23.1 Å². The summed E-state index contributed by atoms with van der Waals surface area (Å²) in [6.07, 6.45) is 0.774. The highest BCUT2D eigenvalue weighted by Gasteiger charge is 2.25. The van der Waals surface area contributed by atoms with Crippen LogP contribution < -0.4 is 10.1 Å². The number of hydrogen-bond donors (Lipinski definition) is 1. The molecule has 1 aliphatic rings. The first-order valence-electron chi connectivity index (χ1n) is 8.90. The lowest BCUT2D eigenvalue weighted by atomic mass is 10.0. The number of amides is 1. The van der Waals surface area contributed by atoms with Crippen molar-refractivity contribution in [3.05, 3.63) is 64.4 Å². The molecule has 28 heavy (non-hydrogen) atoms. The molecule has 3 aromatic rings. The Balaban J connectivity index is 1.56. The van der Waals surface area contributed by atoms with Crippen LogP contribution in [0.1, 0.15) is 33.4 Å². The summed E-state index contributed by atoms with van der Waals surface area (Å²) in [6, 6.07) is 12.2. The maximum absolute atomic E-state index is 13.7. The summed E-state index contributed by atoms with van der Waals surface area (Å²) < 4.78 is 18.9. The van der Waals surface area contributed by atoms with E-state index in [1.165, 1.54) is 23.5 Å². The molecule has 0 radical (unpaired) electrons. The van der Waals surface area contributed by atoms with E-state index in [1.807, 2.05) is 31.2 Å². The van der Waals surface area contributed by atoms with Crippen LogP contribution in [-0.2, 0) is 0 Å². The predicted octanol–water partition coefficient (Wildman–Crippen LogP) is 5.23. The van der Waals surface area contributed by atoms with E-state index in [0.717, 1.165) is 39.0 Å². The average molecular weight is 415 g/mol. The lowest BCUT2D eigenvalue weighted by molar-refractivity contribution is 0.0938. The van der Waals surface area contributed by atoms with Crippen molar-refractivity contribution in [1.29, 1.82) is 0 Å². The van der Waals surface area contributed by atoms with E-state index in [1.54, 1.807) is 24.9 Å². The Morgan fingerprint density at radius 2 is 2.04 bits per heavy atom. The van der Waals surface area contributed by atoms with E-state index in [0.29, 0.717) is 10.6 Å². The first kappa shape index (κ1) is 19.0. The molecule has 1 amide bonds. The molecule has 2 aromatic carbocycles. The molecule has 0 bridgehead atoms. The number of carbonyl (C=O) groups is 1. The number of nitrogens with one attached hydrogen (secondary N) is 1. The number of hydrogen-bond acceptors (Lipinski definition) is 5. The van der Waals surface area contributed by atoms with Crippen LogP contribution in [0.15, 0.2) is 47.4 Å². The van der Waals surface area contributed by atoms with Gasteiger partial charge in [0.1, 0.15) is 21.5 Å². The molecule has 1 aliphatic heterocycles. The molecule has 4 nitrogen and oxygen atoms in total. The van der Waals surface area contributed by atoms with Gasteiger partial charge in [0.25, 0.3) is 5.91 Å². The van der Waals surface area contributed by atoms with Gasteiger partial charge in [-0.1, -0.05) is 0 Å². The normalized spacial score (nSPS) is 15.8. The van der Waals surface area contributed by atoms with E-state index < -0.39 is 0 Å². The van der Waals surface area contributed by atoms with Crippen molar-refractivity contribution in [1.82, 2.24) is 10.3 Å². The number of rotatable bonds is 4. The highest BCUT2D eigenvalue weighted by atomic mass is 32.2. The summed E-state index contributed by atoms with van der Waals surface area (Å²) in [5.74, 6) is 1.22. The Morgan fingerprint density at radius 1 is 1.25 bits per heavy atom. The van der Waals surface area contributed by atoms with Crippen molar-refractivity contribution in [2.24, 2.45) is 0 Å². The van der Waals surface area contributed by atoms with Crippen LogP contribution in [-0.4, -0.2) is 23.8 Å². The molecule has 0 aliphatic carbocycles. The first-order chi connectivity index (χ1) is 13.5. The fourth-order valence-electron chi connectivity index (χ4n) is 3.20. The van der Waals surface area contributed by atoms with Gasteiger partial charge in [0, 0.05) is 16.2 Å². The summed E-state index contributed by atoms with van der Waals surface area (Å²) in [4.78, 5) is 19.1. The number of thioether (sulfide) groups is 1. The quantitative estimate of drug-likeness (QED) is 0.635. The summed E-state index contributed by atoms with van der Waals surface area (Å²) >= 11 is 3.06. The number of fused-ring (bicyclic) bond motifs is 1. The molecular weight excluding hydrogens is 395 g/mol. The van der Waals surface area contributed by atoms with Crippen molar-refractivity contribution in [2.75, 3.05) is 12.9 Å². The lowest BCUT2D eigenvalue weighted by Gasteiger charge is -2.25. The second kappa shape index (κ2) is 7.93. The largest absolute Gasteiger partial charge is 0.497 e. The molecule has 1 unspecified atom stereocenters. The highest BCUT2D eigenvalue weighted by molar-refractivity contribution is 7.99. The third-order valence-electron chi connectivity index (χ3n) is 4.66. The number of nitrogens with zero attached hydrogens (tertiary/aromatic N) is 1. The van der Waals surface area contributed by atoms with Gasteiger partial charge >= 0.3 is 0 Å². The van der Waals surface area contributed by atoms with Crippen molar-refractivity contribution in [3.63, 3.8) is 0 Å². The van der Waals surface area contributed by atoms with Gasteiger partial charge in [0.2, 0.25) is 0 Å². The van der Waals surface area contributed by atoms with E-state index >= 15 is 0 Å². The summed E-state index contributed by atoms with van der Waals surface area (Å²) in [7, 11) is 1.62. The van der Waals surface area contributed by atoms with E-state index in [-0.39, 0.29) is 17.8 Å². The monoisotopic (exact) mass is 414 g/mol. The number of methoxy groups -OCH3 is 1. The summed E-state index contributed by atoms with van der Waals surface area (Å²) in [6.45, 7) is 1.84. The molecule has 1 N–H and O–H groups in total. The van der Waals surface area contributed by atoms with Crippen LogP contribution in [0.4, 0.5) is 4.39 Å². The SMILES string of the molecule is COc1ccc(-c2nc(C)c(C(=O)NC3CCSc4ccc(F)cc43)s2)cc1. The van der Waals surface area contributed by atoms with Gasteiger partial charge in [0.05, 0.1) is 18.8 Å². The molecule has 4 rings (SSSR count).